The fraction of sp³-hybridized carbons (Fsp3) is 0.462. The van der Waals surface area contributed by atoms with E-state index in [1.165, 1.54) is 13.2 Å². The SMILES string of the molecule is COC(=O)CC(c1cc(C)ccc1F)C(C)N. The topological polar surface area (TPSA) is 52.3 Å². The van der Waals surface area contributed by atoms with Crippen molar-refractivity contribution in [1.82, 2.24) is 0 Å². The highest BCUT2D eigenvalue weighted by Gasteiger charge is 2.23. The molecule has 94 valence electrons. The summed E-state index contributed by atoms with van der Waals surface area (Å²) in [5, 5.41) is 0. The van der Waals surface area contributed by atoms with Gasteiger partial charge in [0.2, 0.25) is 0 Å². The number of carbonyl (C=O) groups excluding carboxylic acids is 1. The number of methoxy groups -OCH3 is 1. The summed E-state index contributed by atoms with van der Waals surface area (Å²) in [7, 11) is 1.31. The first-order valence-corrected chi connectivity index (χ1v) is 5.54. The molecule has 1 rings (SSSR count). The maximum Gasteiger partial charge on any atom is 0.306 e. The Bertz CT molecular complexity index is 404. The number of rotatable bonds is 4. The molecule has 1 aromatic carbocycles. The number of ether oxygens (including phenoxy) is 1. The molecule has 0 saturated heterocycles. The molecule has 1 aromatic rings. The predicted molar refractivity (Wildman–Crippen MR) is 64.2 cm³/mol. The second-order valence-corrected chi connectivity index (χ2v) is 4.27. The minimum absolute atomic E-state index is 0.0918. The third-order valence-electron chi connectivity index (χ3n) is 2.80. The van der Waals surface area contributed by atoms with Crippen LogP contribution in [0.15, 0.2) is 18.2 Å². The molecule has 4 heteroatoms. The van der Waals surface area contributed by atoms with Crippen molar-refractivity contribution in [3.05, 3.63) is 35.1 Å². The number of nitrogens with two attached hydrogens (primary N) is 1. The van der Waals surface area contributed by atoms with Gasteiger partial charge in [-0.2, -0.15) is 0 Å². The molecule has 0 fully saturated rings. The molecule has 0 aliphatic rings. The van der Waals surface area contributed by atoms with Crippen molar-refractivity contribution >= 4 is 5.97 Å². The van der Waals surface area contributed by atoms with Gasteiger partial charge in [-0.3, -0.25) is 4.79 Å². The van der Waals surface area contributed by atoms with Crippen LogP contribution in [0.25, 0.3) is 0 Å². The number of benzene rings is 1. The van der Waals surface area contributed by atoms with Gasteiger partial charge >= 0.3 is 5.97 Å². The summed E-state index contributed by atoms with van der Waals surface area (Å²) in [5.74, 6) is -1.07. The van der Waals surface area contributed by atoms with Gasteiger partial charge in [-0.1, -0.05) is 17.7 Å². The monoisotopic (exact) mass is 239 g/mol. The Kier molecular flexibility index (Phi) is 4.63. The van der Waals surface area contributed by atoms with Crippen LogP contribution in [0.3, 0.4) is 0 Å². The van der Waals surface area contributed by atoms with E-state index in [0.717, 1.165) is 5.56 Å². The Hall–Kier alpha value is -1.42. The zero-order chi connectivity index (χ0) is 13.0. The number of hydrogen-bond acceptors (Lipinski definition) is 3. The Morgan fingerprint density at radius 1 is 1.53 bits per heavy atom. The molecule has 2 atom stereocenters. The third-order valence-corrected chi connectivity index (χ3v) is 2.80. The first-order valence-electron chi connectivity index (χ1n) is 5.54. The number of hydrogen-bond donors (Lipinski definition) is 1. The molecular weight excluding hydrogens is 221 g/mol. The summed E-state index contributed by atoms with van der Waals surface area (Å²) in [6, 6.07) is 4.50. The van der Waals surface area contributed by atoms with Crippen LogP contribution >= 0.6 is 0 Å². The summed E-state index contributed by atoms with van der Waals surface area (Å²) >= 11 is 0. The number of aryl methyl sites for hydroxylation is 1. The molecule has 0 heterocycles. The molecule has 0 amide bonds. The van der Waals surface area contributed by atoms with Crippen molar-refractivity contribution in [3.63, 3.8) is 0 Å². The van der Waals surface area contributed by atoms with Crippen molar-refractivity contribution in [2.24, 2.45) is 5.73 Å². The third kappa shape index (κ3) is 3.53. The van der Waals surface area contributed by atoms with Gasteiger partial charge in [0.05, 0.1) is 13.5 Å². The van der Waals surface area contributed by atoms with Crippen LogP contribution in [-0.2, 0) is 9.53 Å². The smallest absolute Gasteiger partial charge is 0.306 e. The molecule has 17 heavy (non-hydrogen) atoms. The van der Waals surface area contributed by atoms with Crippen molar-refractivity contribution in [2.45, 2.75) is 32.2 Å². The molecule has 0 bridgehead atoms. The molecule has 0 radical (unpaired) electrons. The minimum Gasteiger partial charge on any atom is -0.469 e. The number of halogens is 1. The summed E-state index contributed by atoms with van der Waals surface area (Å²) in [6.45, 7) is 3.63. The lowest BCUT2D eigenvalue weighted by molar-refractivity contribution is -0.141. The summed E-state index contributed by atoms with van der Waals surface area (Å²) in [5.41, 5.74) is 7.24. The largest absolute Gasteiger partial charge is 0.469 e. The number of carbonyl (C=O) groups is 1. The van der Waals surface area contributed by atoms with Crippen LogP contribution in [0.2, 0.25) is 0 Å². The highest BCUT2D eigenvalue weighted by molar-refractivity contribution is 5.70. The van der Waals surface area contributed by atoms with E-state index in [1.807, 2.05) is 6.92 Å². The van der Waals surface area contributed by atoms with E-state index in [4.69, 9.17) is 5.73 Å². The lowest BCUT2D eigenvalue weighted by Gasteiger charge is -2.21. The van der Waals surface area contributed by atoms with Crippen LogP contribution < -0.4 is 5.73 Å². The van der Waals surface area contributed by atoms with Crippen molar-refractivity contribution in [1.29, 1.82) is 0 Å². The Morgan fingerprint density at radius 2 is 2.18 bits per heavy atom. The van der Waals surface area contributed by atoms with E-state index in [9.17, 15) is 9.18 Å². The molecule has 0 aromatic heterocycles. The predicted octanol–water partition coefficient (Wildman–Crippen LogP) is 2.13. The fourth-order valence-electron chi connectivity index (χ4n) is 1.79. The van der Waals surface area contributed by atoms with Crippen LogP contribution in [-0.4, -0.2) is 19.1 Å². The van der Waals surface area contributed by atoms with Gasteiger partial charge in [0.25, 0.3) is 0 Å². The van der Waals surface area contributed by atoms with Gasteiger partial charge in [-0.15, -0.1) is 0 Å². The van der Waals surface area contributed by atoms with Crippen LogP contribution in [0.5, 0.6) is 0 Å². The van der Waals surface area contributed by atoms with Gasteiger partial charge in [-0.05, 0) is 25.5 Å². The van der Waals surface area contributed by atoms with Crippen LogP contribution in [0, 0.1) is 12.7 Å². The van der Waals surface area contributed by atoms with E-state index >= 15 is 0 Å². The Morgan fingerprint density at radius 3 is 2.71 bits per heavy atom. The highest BCUT2D eigenvalue weighted by atomic mass is 19.1. The summed E-state index contributed by atoms with van der Waals surface area (Å²) in [4.78, 5) is 11.3. The van der Waals surface area contributed by atoms with Crippen molar-refractivity contribution < 1.29 is 13.9 Å². The molecule has 0 spiro atoms. The second kappa shape index (κ2) is 5.77. The standard InChI is InChI=1S/C13H18FNO2/c1-8-4-5-12(14)11(6-8)10(9(2)15)7-13(16)17-3/h4-6,9-10H,7,15H2,1-3H3. The van der Waals surface area contributed by atoms with E-state index < -0.39 is 0 Å². The minimum atomic E-state index is -0.381. The first-order chi connectivity index (χ1) is 7.95. The van der Waals surface area contributed by atoms with Crippen LogP contribution in [0.1, 0.15) is 30.4 Å². The molecule has 0 saturated carbocycles. The van der Waals surface area contributed by atoms with E-state index in [0.29, 0.717) is 5.56 Å². The van der Waals surface area contributed by atoms with Crippen molar-refractivity contribution in [2.75, 3.05) is 7.11 Å². The average Bonchev–Trinajstić information content (AvgIpc) is 2.28. The van der Waals surface area contributed by atoms with Crippen molar-refractivity contribution in [3.8, 4) is 0 Å². The van der Waals surface area contributed by atoms with Gasteiger partial charge in [-0.25, -0.2) is 4.39 Å². The van der Waals surface area contributed by atoms with Gasteiger partial charge < -0.3 is 10.5 Å². The first kappa shape index (κ1) is 13.6. The summed E-state index contributed by atoms with van der Waals surface area (Å²) in [6.07, 6.45) is 0.0918. The Labute approximate surface area is 101 Å². The average molecular weight is 239 g/mol. The van der Waals surface area contributed by atoms with E-state index in [1.54, 1.807) is 19.1 Å². The normalized spacial score (nSPS) is 14.2. The highest BCUT2D eigenvalue weighted by Crippen LogP contribution is 2.26. The maximum atomic E-state index is 13.7. The lowest BCUT2D eigenvalue weighted by atomic mass is 9.88. The molecule has 0 aliphatic carbocycles. The van der Waals surface area contributed by atoms with E-state index in [-0.39, 0.29) is 30.2 Å². The van der Waals surface area contributed by atoms with Gasteiger partial charge in [0.1, 0.15) is 5.82 Å². The zero-order valence-corrected chi connectivity index (χ0v) is 10.4. The molecule has 2 N–H and O–H groups in total. The van der Waals surface area contributed by atoms with E-state index in [2.05, 4.69) is 4.74 Å². The molecule has 0 aliphatic heterocycles. The fourth-order valence-corrected chi connectivity index (χ4v) is 1.79. The second-order valence-electron chi connectivity index (χ2n) is 4.27. The summed E-state index contributed by atoms with van der Waals surface area (Å²) < 4.78 is 18.3. The molecule has 2 unspecified atom stereocenters. The molecule has 3 nitrogen and oxygen atoms in total. The zero-order valence-electron chi connectivity index (χ0n) is 10.4. The quantitative estimate of drug-likeness (QED) is 0.819. The van der Waals surface area contributed by atoms with Gasteiger partial charge in [0, 0.05) is 12.0 Å². The lowest BCUT2D eigenvalue weighted by Crippen LogP contribution is -2.28. The Balaban J connectivity index is 3.05. The number of esters is 1. The molecular formula is C13H18FNO2. The van der Waals surface area contributed by atoms with Gasteiger partial charge in [0.15, 0.2) is 0 Å². The maximum absolute atomic E-state index is 13.7. The van der Waals surface area contributed by atoms with Crippen LogP contribution in [0.4, 0.5) is 4.39 Å².